The largest absolute Gasteiger partial charge is 0.477 e. The van der Waals surface area contributed by atoms with Crippen LogP contribution >= 0.6 is 0 Å². The van der Waals surface area contributed by atoms with Crippen LogP contribution in [-0.4, -0.2) is 23.1 Å². The van der Waals surface area contributed by atoms with Gasteiger partial charge in [-0.05, 0) is 32.6 Å². The molecule has 0 aliphatic rings. The van der Waals surface area contributed by atoms with Crippen LogP contribution in [0.1, 0.15) is 45.5 Å². The zero-order valence-corrected chi connectivity index (χ0v) is 12.4. The van der Waals surface area contributed by atoms with Gasteiger partial charge in [-0.2, -0.15) is 4.98 Å². The lowest BCUT2D eigenvalue weighted by Gasteiger charge is -2.19. The number of hydrogen-bond donors (Lipinski definition) is 1. The summed E-state index contributed by atoms with van der Waals surface area (Å²) in [5.41, 5.74) is 1.26. The van der Waals surface area contributed by atoms with Gasteiger partial charge in [-0.25, -0.2) is 4.98 Å². The van der Waals surface area contributed by atoms with Crippen molar-refractivity contribution < 1.29 is 4.74 Å². The quantitative estimate of drug-likeness (QED) is 0.872. The molecule has 4 nitrogen and oxygen atoms in total. The van der Waals surface area contributed by atoms with Gasteiger partial charge in [-0.1, -0.05) is 20.8 Å². The van der Waals surface area contributed by atoms with E-state index in [-0.39, 0.29) is 5.41 Å². The van der Waals surface area contributed by atoms with E-state index in [2.05, 4.69) is 43.0 Å². The molecule has 0 aliphatic heterocycles. The second-order valence-electron chi connectivity index (χ2n) is 5.74. The van der Waals surface area contributed by atoms with E-state index < -0.39 is 0 Å². The van der Waals surface area contributed by atoms with Crippen LogP contribution in [0, 0.1) is 19.3 Å². The topological polar surface area (TPSA) is 47.0 Å². The summed E-state index contributed by atoms with van der Waals surface area (Å²) in [4.78, 5) is 8.74. The van der Waals surface area contributed by atoms with Crippen molar-refractivity contribution in [2.45, 2.75) is 48.0 Å². The van der Waals surface area contributed by atoms with Gasteiger partial charge in [0.25, 0.3) is 0 Å². The lowest BCUT2D eigenvalue weighted by Crippen LogP contribution is -2.13. The molecule has 0 saturated carbocycles. The normalized spacial score (nSPS) is 11.4. The first kappa shape index (κ1) is 14.7. The second-order valence-corrected chi connectivity index (χ2v) is 5.74. The van der Waals surface area contributed by atoms with Gasteiger partial charge in [0.2, 0.25) is 5.88 Å². The minimum absolute atomic E-state index is 0.278. The fourth-order valence-electron chi connectivity index (χ4n) is 1.54. The molecule has 18 heavy (non-hydrogen) atoms. The molecular weight excluding hydrogens is 226 g/mol. The number of anilines is 1. The van der Waals surface area contributed by atoms with E-state index in [0.717, 1.165) is 30.2 Å². The van der Waals surface area contributed by atoms with Gasteiger partial charge in [0.05, 0.1) is 12.2 Å². The molecule has 0 radical (unpaired) electrons. The Morgan fingerprint density at radius 2 is 1.83 bits per heavy atom. The van der Waals surface area contributed by atoms with Crippen LogP contribution in [0.15, 0.2) is 0 Å². The molecule has 1 rings (SSSR count). The zero-order valence-electron chi connectivity index (χ0n) is 12.4. The maximum Gasteiger partial charge on any atom is 0.221 e. The van der Waals surface area contributed by atoms with E-state index in [9.17, 15) is 0 Å². The molecular formula is C14H25N3O. The third kappa shape index (κ3) is 4.51. The highest BCUT2D eigenvalue weighted by Crippen LogP contribution is 2.24. The molecule has 0 fully saturated rings. The fourth-order valence-corrected chi connectivity index (χ4v) is 1.54. The van der Waals surface area contributed by atoms with Gasteiger partial charge in [0.1, 0.15) is 11.6 Å². The smallest absolute Gasteiger partial charge is 0.221 e. The first-order valence-electron chi connectivity index (χ1n) is 6.55. The van der Waals surface area contributed by atoms with Crippen LogP contribution in [0.3, 0.4) is 0 Å². The number of nitrogens with zero attached hydrogens (tertiary/aromatic N) is 2. The molecule has 0 aliphatic carbocycles. The molecule has 1 N–H and O–H groups in total. The Kier molecular flexibility index (Phi) is 4.93. The van der Waals surface area contributed by atoms with Crippen molar-refractivity contribution in [1.29, 1.82) is 0 Å². The Morgan fingerprint density at radius 3 is 2.39 bits per heavy atom. The lowest BCUT2D eigenvalue weighted by molar-refractivity contribution is 0.234. The molecule has 1 aromatic heterocycles. The Bertz CT molecular complexity index is 397. The Morgan fingerprint density at radius 1 is 1.17 bits per heavy atom. The molecule has 0 amide bonds. The maximum absolute atomic E-state index is 5.79. The number of aryl methyl sites for hydroxylation is 1. The van der Waals surface area contributed by atoms with E-state index in [1.165, 1.54) is 0 Å². The standard InChI is InChI=1S/C14H25N3O/c1-7-15-12-10(2)13(17-11(3)16-12)18-9-8-14(4,5)6/h7-9H2,1-6H3,(H,15,16,17). The molecule has 0 saturated heterocycles. The van der Waals surface area contributed by atoms with E-state index >= 15 is 0 Å². The molecule has 0 aromatic carbocycles. The zero-order chi connectivity index (χ0) is 13.8. The van der Waals surface area contributed by atoms with Crippen molar-refractivity contribution >= 4 is 5.82 Å². The molecule has 4 heteroatoms. The number of hydrogen-bond acceptors (Lipinski definition) is 4. The van der Waals surface area contributed by atoms with Crippen LogP contribution in [0.25, 0.3) is 0 Å². The van der Waals surface area contributed by atoms with Crippen molar-refractivity contribution in [2.24, 2.45) is 5.41 Å². The molecule has 102 valence electrons. The Hall–Kier alpha value is -1.32. The molecule has 0 bridgehead atoms. The minimum Gasteiger partial charge on any atom is -0.477 e. The minimum atomic E-state index is 0.278. The third-order valence-corrected chi connectivity index (χ3v) is 2.65. The van der Waals surface area contributed by atoms with Crippen molar-refractivity contribution in [3.8, 4) is 5.88 Å². The summed E-state index contributed by atoms with van der Waals surface area (Å²) in [6.45, 7) is 14.1. The van der Waals surface area contributed by atoms with Gasteiger partial charge in [-0.3, -0.25) is 0 Å². The van der Waals surface area contributed by atoms with E-state index in [4.69, 9.17) is 4.74 Å². The van der Waals surface area contributed by atoms with Crippen molar-refractivity contribution in [3.05, 3.63) is 11.4 Å². The number of ether oxygens (including phenoxy) is 1. The van der Waals surface area contributed by atoms with Gasteiger partial charge in [0.15, 0.2) is 0 Å². The summed E-state index contributed by atoms with van der Waals surface area (Å²) < 4.78 is 5.79. The highest BCUT2D eigenvalue weighted by molar-refractivity contribution is 5.48. The molecule has 0 atom stereocenters. The van der Waals surface area contributed by atoms with Crippen LogP contribution in [0.5, 0.6) is 5.88 Å². The molecule has 0 unspecified atom stereocenters. The van der Waals surface area contributed by atoms with Gasteiger partial charge in [0, 0.05) is 6.54 Å². The predicted octanol–water partition coefficient (Wildman–Crippen LogP) is 3.34. The molecule has 1 heterocycles. The maximum atomic E-state index is 5.79. The van der Waals surface area contributed by atoms with E-state index in [0.29, 0.717) is 12.5 Å². The number of rotatable bonds is 5. The third-order valence-electron chi connectivity index (χ3n) is 2.65. The summed E-state index contributed by atoms with van der Waals surface area (Å²) >= 11 is 0. The number of nitrogens with one attached hydrogen (secondary N) is 1. The molecule has 1 aromatic rings. The van der Waals surface area contributed by atoms with Gasteiger partial charge >= 0.3 is 0 Å². The van der Waals surface area contributed by atoms with Crippen LogP contribution in [0.2, 0.25) is 0 Å². The van der Waals surface area contributed by atoms with Crippen LogP contribution in [-0.2, 0) is 0 Å². The lowest BCUT2D eigenvalue weighted by atomic mass is 9.93. The SMILES string of the molecule is CCNc1nc(C)nc(OCCC(C)(C)C)c1C. The average molecular weight is 251 g/mol. The first-order chi connectivity index (χ1) is 8.33. The van der Waals surface area contributed by atoms with Crippen molar-refractivity contribution in [3.63, 3.8) is 0 Å². The highest BCUT2D eigenvalue weighted by Gasteiger charge is 2.13. The summed E-state index contributed by atoms with van der Waals surface area (Å²) in [5, 5.41) is 3.23. The first-order valence-corrected chi connectivity index (χ1v) is 6.55. The van der Waals surface area contributed by atoms with E-state index in [1.54, 1.807) is 0 Å². The van der Waals surface area contributed by atoms with Crippen molar-refractivity contribution in [1.82, 2.24) is 9.97 Å². The van der Waals surface area contributed by atoms with Crippen molar-refractivity contribution in [2.75, 3.05) is 18.5 Å². The summed E-state index contributed by atoms with van der Waals surface area (Å²) in [5.74, 6) is 2.31. The number of aromatic nitrogens is 2. The fraction of sp³-hybridized carbons (Fsp3) is 0.714. The van der Waals surface area contributed by atoms with Gasteiger partial charge < -0.3 is 10.1 Å². The molecule has 0 spiro atoms. The average Bonchev–Trinajstić information content (AvgIpc) is 2.23. The summed E-state index contributed by atoms with van der Waals surface area (Å²) in [7, 11) is 0. The Balaban J connectivity index is 2.76. The highest BCUT2D eigenvalue weighted by atomic mass is 16.5. The predicted molar refractivity (Wildman–Crippen MR) is 75.2 cm³/mol. The summed E-state index contributed by atoms with van der Waals surface area (Å²) in [6, 6.07) is 0. The summed E-state index contributed by atoms with van der Waals surface area (Å²) in [6.07, 6.45) is 1.01. The Labute approximate surface area is 110 Å². The monoisotopic (exact) mass is 251 g/mol. The van der Waals surface area contributed by atoms with Gasteiger partial charge in [-0.15, -0.1) is 0 Å². The van der Waals surface area contributed by atoms with E-state index in [1.807, 2.05) is 13.8 Å². The second kappa shape index (κ2) is 6.03. The van der Waals surface area contributed by atoms with Crippen LogP contribution in [0.4, 0.5) is 5.82 Å². The van der Waals surface area contributed by atoms with Crippen LogP contribution < -0.4 is 10.1 Å².